The van der Waals surface area contributed by atoms with Gasteiger partial charge < -0.3 is 14.4 Å². The summed E-state index contributed by atoms with van der Waals surface area (Å²) in [5.74, 6) is 1.63. The topological polar surface area (TPSA) is 84.2 Å². The third-order valence-corrected chi connectivity index (χ3v) is 7.61. The molecule has 0 N–H and O–H groups in total. The highest BCUT2D eigenvalue weighted by atomic mass is 32.2. The maximum atomic E-state index is 11.7. The Morgan fingerprint density at radius 1 is 1.11 bits per heavy atom. The zero-order chi connectivity index (χ0) is 19.9. The molecule has 0 saturated carbocycles. The fourth-order valence-corrected chi connectivity index (χ4v) is 5.10. The van der Waals surface area contributed by atoms with Crippen molar-refractivity contribution in [3.05, 3.63) is 36.7 Å². The monoisotopic (exact) mass is 418 g/mol. The molecule has 0 amide bonds. The molecule has 0 radical (unpaired) electrons. The smallest absolute Gasteiger partial charge is 0.184 e. The average molecular weight is 419 g/mol. The van der Waals surface area contributed by atoms with Crippen LogP contribution < -0.4 is 9.80 Å². The zero-order valence-corrected chi connectivity index (χ0v) is 17.6. The quantitative estimate of drug-likeness (QED) is 0.630. The summed E-state index contributed by atoms with van der Waals surface area (Å²) >= 11 is 1.31. The third-order valence-electron chi connectivity index (χ3n) is 4.64. The van der Waals surface area contributed by atoms with Crippen LogP contribution in [0, 0.1) is 0 Å². The van der Waals surface area contributed by atoms with Gasteiger partial charge in [-0.2, -0.15) is 0 Å². The summed E-state index contributed by atoms with van der Waals surface area (Å²) in [5.41, 5.74) is 0.789. The van der Waals surface area contributed by atoms with Gasteiger partial charge in [-0.15, -0.1) is 21.5 Å². The van der Waals surface area contributed by atoms with Gasteiger partial charge in [0.15, 0.2) is 15.7 Å². The van der Waals surface area contributed by atoms with Gasteiger partial charge in [0.25, 0.3) is 0 Å². The largest absolute Gasteiger partial charge is 0.344 e. The Labute approximate surface area is 168 Å². The molecule has 0 unspecified atom stereocenters. The first-order chi connectivity index (χ1) is 13.3. The second kappa shape index (κ2) is 7.17. The lowest BCUT2D eigenvalue weighted by Crippen LogP contribution is -2.25. The second-order valence-corrected chi connectivity index (χ2v) is 10.4. The summed E-state index contributed by atoms with van der Waals surface area (Å²) in [4.78, 5) is 9.15. The SMILES string of the molecule is CC(C)n1cnnc1-c1cccc(N2CCN(c3ccc(S(C)(=O)=O)s3)C2)n1. The molecule has 3 aromatic heterocycles. The van der Waals surface area contributed by atoms with E-state index in [1.54, 1.807) is 12.4 Å². The predicted octanol–water partition coefficient (Wildman–Crippen LogP) is 2.67. The second-order valence-electron chi connectivity index (χ2n) is 7.07. The average Bonchev–Trinajstić information content (AvgIpc) is 3.40. The number of rotatable bonds is 5. The molecule has 4 heterocycles. The van der Waals surface area contributed by atoms with Crippen molar-refractivity contribution in [3.63, 3.8) is 0 Å². The molecule has 28 heavy (non-hydrogen) atoms. The normalized spacial score (nSPS) is 15.0. The van der Waals surface area contributed by atoms with Crippen molar-refractivity contribution < 1.29 is 8.42 Å². The van der Waals surface area contributed by atoms with E-state index in [1.165, 1.54) is 17.6 Å². The van der Waals surface area contributed by atoms with Crippen LogP contribution in [-0.4, -0.2) is 54.2 Å². The highest BCUT2D eigenvalue weighted by Crippen LogP contribution is 2.32. The van der Waals surface area contributed by atoms with Crippen LogP contribution in [0.4, 0.5) is 10.8 Å². The van der Waals surface area contributed by atoms with Crippen LogP contribution in [-0.2, 0) is 9.84 Å². The fraction of sp³-hybridized carbons (Fsp3) is 0.389. The van der Waals surface area contributed by atoms with E-state index >= 15 is 0 Å². The van der Waals surface area contributed by atoms with Crippen LogP contribution in [0.2, 0.25) is 0 Å². The van der Waals surface area contributed by atoms with Crippen LogP contribution in [0.5, 0.6) is 0 Å². The van der Waals surface area contributed by atoms with Crippen LogP contribution in [0.25, 0.3) is 11.5 Å². The Balaban J connectivity index is 1.55. The molecule has 0 bridgehead atoms. The van der Waals surface area contributed by atoms with E-state index in [0.717, 1.165) is 35.4 Å². The van der Waals surface area contributed by atoms with E-state index < -0.39 is 9.84 Å². The van der Waals surface area contributed by atoms with Crippen molar-refractivity contribution in [2.75, 3.05) is 35.8 Å². The van der Waals surface area contributed by atoms with Gasteiger partial charge >= 0.3 is 0 Å². The molecule has 0 spiro atoms. The Bertz CT molecular complexity index is 1090. The number of nitrogens with zero attached hydrogens (tertiary/aromatic N) is 6. The van der Waals surface area contributed by atoms with E-state index in [1.807, 2.05) is 28.8 Å². The highest BCUT2D eigenvalue weighted by Gasteiger charge is 2.24. The molecule has 0 aliphatic carbocycles. The molecule has 1 fully saturated rings. The van der Waals surface area contributed by atoms with Crippen LogP contribution in [0.3, 0.4) is 0 Å². The molecule has 1 aliphatic heterocycles. The molecule has 10 heteroatoms. The fourth-order valence-electron chi connectivity index (χ4n) is 3.16. The van der Waals surface area contributed by atoms with Crippen molar-refractivity contribution in [2.24, 2.45) is 0 Å². The van der Waals surface area contributed by atoms with Gasteiger partial charge in [0.1, 0.15) is 22.0 Å². The number of hydrogen-bond donors (Lipinski definition) is 0. The van der Waals surface area contributed by atoms with Gasteiger partial charge in [-0.1, -0.05) is 6.07 Å². The Kier molecular flexibility index (Phi) is 4.84. The number of sulfone groups is 1. The Morgan fingerprint density at radius 3 is 2.61 bits per heavy atom. The summed E-state index contributed by atoms with van der Waals surface area (Å²) in [6, 6.07) is 9.71. The Hall–Kier alpha value is -2.46. The molecular weight excluding hydrogens is 396 g/mol. The number of anilines is 2. The summed E-state index contributed by atoms with van der Waals surface area (Å²) in [7, 11) is -3.17. The number of pyridine rings is 1. The first kappa shape index (κ1) is 18.9. The summed E-state index contributed by atoms with van der Waals surface area (Å²) in [6.45, 7) is 6.47. The van der Waals surface area contributed by atoms with E-state index in [9.17, 15) is 8.42 Å². The van der Waals surface area contributed by atoms with Gasteiger partial charge in [-0.3, -0.25) is 0 Å². The molecule has 0 aromatic carbocycles. The van der Waals surface area contributed by atoms with Gasteiger partial charge in [0.2, 0.25) is 0 Å². The lowest BCUT2D eigenvalue weighted by atomic mass is 10.3. The zero-order valence-electron chi connectivity index (χ0n) is 16.0. The van der Waals surface area contributed by atoms with E-state index in [-0.39, 0.29) is 6.04 Å². The molecule has 4 rings (SSSR count). The van der Waals surface area contributed by atoms with E-state index in [0.29, 0.717) is 10.9 Å². The number of hydrogen-bond acceptors (Lipinski definition) is 8. The minimum atomic E-state index is -3.17. The molecule has 148 valence electrons. The van der Waals surface area contributed by atoms with E-state index in [4.69, 9.17) is 4.98 Å². The highest BCUT2D eigenvalue weighted by molar-refractivity contribution is 7.92. The van der Waals surface area contributed by atoms with Crippen molar-refractivity contribution in [2.45, 2.75) is 24.1 Å². The minimum Gasteiger partial charge on any atom is -0.344 e. The van der Waals surface area contributed by atoms with Gasteiger partial charge in [-0.25, -0.2) is 13.4 Å². The standard InChI is InChI=1S/C18H22N6O2S2/c1-13(2)24-11-19-21-18(24)14-5-4-6-15(20-14)22-9-10-23(12-22)16-7-8-17(27-16)28(3,25)26/h4-8,11,13H,9-10,12H2,1-3H3. The van der Waals surface area contributed by atoms with Gasteiger partial charge in [0, 0.05) is 25.4 Å². The van der Waals surface area contributed by atoms with Crippen LogP contribution in [0.15, 0.2) is 40.9 Å². The van der Waals surface area contributed by atoms with Crippen LogP contribution in [0.1, 0.15) is 19.9 Å². The minimum absolute atomic E-state index is 0.251. The van der Waals surface area contributed by atoms with Gasteiger partial charge in [-0.05, 0) is 38.1 Å². The Morgan fingerprint density at radius 2 is 1.89 bits per heavy atom. The lowest BCUT2D eigenvalue weighted by Gasteiger charge is -2.19. The molecule has 8 nitrogen and oxygen atoms in total. The summed E-state index contributed by atoms with van der Waals surface area (Å²) < 4.78 is 25.9. The first-order valence-electron chi connectivity index (χ1n) is 8.99. The molecule has 0 atom stereocenters. The van der Waals surface area contributed by atoms with Crippen molar-refractivity contribution in [1.29, 1.82) is 0 Å². The van der Waals surface area contributed by atoms with E-state index in [2.05, 4.69) is 33.8 Å². The van der Waals surface area contributed by atoms with Crippen molar-refractivity contribution in [3.8, 4) is 11.5 Å². The number of aromatic nitrogens is 4. The summed E-state index contributed by atoms with van der Waals surface area (Å²) in [6.07, 6.45) is 2.96. The van der Waals surface area contributed by atoms with Crippen molar-refractivity contribution in [1.82, 2.24) is 19.7 Å². The third kappa shape index (κ3) is 3.61. The van der Waals surface area contributed by atoms with Gasteiger partial charge in [0.05, 0.1) is 11.7 Å². The van der Waals surface area contributed by atoms with Crippen molar-refractivity contribution >= 4 is 32.0 Å². The molecular formula is C18H22N6O2S2. The molecule has 1 saturated heterocycles. The lowest BCUT2D eigenvalue weighted by molar-refractivity contribution is 0.603. The maximum absolute atomic E-state index is 11.7. The maximum Gasteiger partial charge on any atom is 0.184 e. The number of thiophene rings is 1. The molecule has 3 aromatic rings. The summed E-state index contributed by atoms with van der Waals surface area (Å²) in [5, 5.41) is 9.21. The first-order valence-corrected chi connectivity index (χ1v) is 11.7. The predicted molar refractivity (Wildman–Crippen MR) is 111 cm³/mol. The van der Waals surface area contributed by atoms with Crippen LogP contribution >= 0.6 is 11.3 Å². The molecule has 1 aliphatic rings.